The number of furan rings is 1. The number of hydrogen-bond acceptors (Lipinski definition) is 3. The first kappa shape index (κ1) is 32.7. The van der Waals surface area contributed by atoms with E-state index in [2.05, 4.69) is 198 Å². The van der Waals surface area contributed by atoms with Gasteiger partial charge in [0.15, 0.2) is 0 Å². The summed E-state index contributed by atoms with van der Waals surface area (Å²) >= 11 is 0. The van der Waals surface area contributed by atoms with E-state index >= 15 is 0 Å². The molecule has 0 amide bonds. The molecule has 58 heavy (non-hydrogen) atoms. The molecule has 1 aliphatic heterocycles. The standard InChI is InChI=1S/C54H36N2O2/c1-6-16-48(56-49-17-7-2-12-42(49)43-13-3-8-18-50(43)56)41(11-1)37-23-21-35(22-24-37)36-25-27-38(28-26-36)55(39-29-31-53-46(33-39)44-14-4-9-19-51(44)57-53)40-30-32-54-47(34-40)45-15-5-10-20-52(45)58-54/h1-34,46,53H. The fraction of sp³-hybridized carbons (Fsp3) is 0.0370. The van der Waals surface area contributed by atoms with Crippen LogP contribution < -0.4 is 9.64 Å². The van der Waals surface area contributed by atoms with Crippen LogP contribution in [0.15, 0.2) is 216 Å². The molecule has 0 N–H and O–H groups in total. The zero-order valence-electron chi connectivity index (χ0n) is 31.5. The van der Waals surface area contributed by atoms with E-state index in [9.17, 15) is 0 Å². The largest absolute Gasteiger partial charge is 0.485 e. The lowest BCUT2D eigenvalue weighted by Gasteiger charge is -2.30. The van der Waals surface area contributed by atoms with Gasteiger partial charge in [-0.15, -0.1) is 0 Å². The number of benzene rings is 8. The van der Waals surface area contributed by atoms with Crippen LogP contribution in [-0.4, -0.2) is 10.7 Å². The van der Waals surface area contributed by atoms with Crippen molar-refractivity contribution in [3.05, 3.63) is 218 Å². The zero-order valence-corrected chi connectivity index (χ0v) is 31.5. The van der Waals surface area contributed by atoms with Crippen LogP contribution in [0.1, 0.15) is 11.5 Å². The number of allylic oxidation sites excluding steroid dienone is 1. The van der Waals surface area contributed by atoms with Gasteiger partial charge in [-0.05, 0) is 95.6 Å². The lowest BCUT2D eigenvalue weighted by molar-refractivity contribution is 0.268. The molecule has 0 spiro atoms. The van der Waals surface area contributed by atoms with Crippen molar-refractivity contribution in [3.8, 4) is 33.7 Å². The van der Waals surface area contributed by atoms with Crippen LogP contribution in [-0.2, 0) is 0 Å². The Bertz CT molecular complexity index is 3220. The molecule has 0 fully saturated rings. The second kappa shape index (κ2) is 13.0. The van der Waals surface area contributed by atoms with E-state index in [0.29, 0.717) is 0 Å². The predicted octanol–water partition coefficient (Wildman–Crippen LogP) is 14.2. The van der Waals surface area contributed by atoms with Crippen molar-refractivity contribution < 1.29 is 9.15 Å². The highest BCUT2D eigenvalue weighted by molar-refractivity contribution is 6.10. The number of rotatable bonds is 6. The summed E-state index contributed by atoms with van der Waals surface area (Å²) in [6.45, 7) is 0. The molecule has 0 bridgehead atoms. The smallest absolute Gasteiger partial charge is 0.135 e. The summed E-state index contributed by atoms with van der Waals surface area (Å²) in [7, 11) is 0. The molecule has 2 unspecified atom stereocenters. The number of nitrogens with zero attached hydrogens (tertiary/aromatic N) is 2. The Morgan fingerprint density at radius 3 is 1.88 bits per heavy atom. The van der Waals surface area contributed by atoms with Crippen LogP contribution in [0, 0.1) is 0 Å². The average Bonchev–Trinajstić information content (AvgIpc) is 3.96. The molecule has 0 saturated heterocycles. The van der Waals surface area contributed by atoms with E-state index < -0.39 is 0 Å². The molecule has 2 aliphatic rings. The van der Waals surface area contributed by atoms with Gasteiger partial charge in [0.2, 0.25) is 0 Å². The molecule has 2 aromatic heterocycles. The molecule has 3 heterocycles. The van der Waals surface area contributed by atoms with Crippen LogP contribution in [0.25, 0.3) is 71.7 Å². The number of fused-ring (bicyclic) bond motifs is 9. The van der Waals surface area contributed by atoms with Gasteiger partial charge in [0.25, 0.3) is 0 Å². The summed E-state index contributed by atoms with van der Waals surface area (Å²) in [5.41, 5.74) is 14.5. The van der Waals surface area contributed by atoms with Crippen molar-refractivity contribution in [2.45, 2.75) is 12.0 Å². The Morgan fingerprint density at radius 1 is 0.483 bits per heavy atom. The highest BCUT2D eigenvalue weighted by Gasteiger charge is 2.34. The van der Waals surface area contributed by atoms with Gasteiger partial charge in [-0.3, -0.25) is 0 Å². The first-order valence-corrected chi connectivity index (χ1v) is 19.9. The van der Waals surface area contributed by atoms with E-state index in [1.54, 1.807) is 0 Å². The molecular weight excluding hydrogens is 709 g/mol. The summed E-state index contributed by atoms with van der Waals surface area (Å²) < 4.78 is 15.0. The Balaban J connectivity index is 0.915. The SMILES string of the molecule is C1=CC2Oc3ccccc3C2C=C1N(c1ccc(-c2ccc(-c3ccccc3-n3c4ccccc4c4ccccc43)cc2)cc1)c1ccc2oc3ccccc3c2c1. The van der Waals surface area contributed by atoms with Crippen molar-refractivity contribution >= 4 is 55.1 Å². The minimum Gasteiger partial charge on any atom is -0.485 e. The molecule has 0 saturated carbocycles. The zero-order chi connectivity index (χ0) is 38.2. The third-order valence-corrected chi connectivity index (χ3v) is 12.0. The minimum absolute atomic E-state index is 0.0115. The summed E-state index contributed by atoms with van der Waals surface area (Å²) in [4.78, 5) is 2.35. The van der Waals surface area contributed by atoms with Gasteiger partial charge >= 0.3 is 0 Å². The first-order chi connectivity index (χ1) is 28.7. The summed E-state index contributed by atoms with van der Waals surface area (Å²) in [6.07, 6.45) is 6.75. The number of ether oxygens (including phenoxy) is 1. The molecule has 4 heteroatoms. The van der Waals surface area contributed by atoms with Crippen LogP contribution in [0.4, 0.5) is 11.4 Å². The van der Waals surface area contributed by atoms with Gasteiger partial charge in [-0.1, -0.05) is 127 Å². The van der Waals surface area contributed by atoms with Crippen molar-refractivity contribution in [1.82, 2.24) is 4.57 Å². The Morgan fingerprint density at radius 2 is 1.09 bits per heavy atom. The molecule has 10 aromatic rings. The molecule has 0 radical (unpaired) electrons. The molecule has 274 valence electrons. The Labute approximate surface area is 335 Å². The Kier molecular flexibility index (Phi) is 7.32. The number of anilines is 2. The molecule has 12 rings (SSSR count). The normalized spacial score (nSPS) is 15.8. The lowest BCUT2D eigenvalue weighted by Crippen LogP contribution is -2.23. The van der Waals surface area contributed by atoms with Crippen LogP contribution in [0.2, 0.25) is 0 Å². The van der Waals surface area contributed by atoms with Crippen molar-refractivity contribution in [3.63, 3.8) is 0 Å². The summed E-state index contributed by atoms with van der Waals surface area (Å²) in [5, 5.41) is 4.74. The maximum atomic E-state index is 6.34. The van der Waals surface area contributed by atoms with Gasteiger partial charge in [0.05, 0.1) is 16.7 Å². The molecule has 2 atom stereocenters. The third-order valence-electron chi connectivity index (χ3n) is 12.0. The second-order valence-corrected chi connectivity index (χ2v) is 15.2. The van der Waals surface area contributed by atoms with Crippen LogP contribution in [0.5, 0.6) is 5.75 Å². The van der Waals surface area contributed by atoms with Crippen molar-refractivity contribution in [2.24, 2.45) is 0 Å². The van der Waals surface area contributed by atoms with E-state index in [0.717, 1.165) is 50.3 Å². The van der Waals surface area contributed by atoms with Crippen molar-refractivity contribution in [1.29, 1.82) is 0 Å². The monoisotopic (exact) mass is 744 g/mol. The Hall–Kier alpha value is -7.56. The molecule has 8 aromatic carbocycles. The van der Waals surface area contributed by atoms with Crippen LogP contribution in [0.3, 0.4) is 0 Å². The van der Waals surface area contributed by atoms with E-state index in [4.69, 9.17) is 9.15 Å². The van der Waals surface area contributed by atoms with E-state index in [-0.39, 0.29) is 12.0 Å². The summed E-state index contributed by atoms with van der Waals surface area (Å²) in [5.74, 6) is 1.10. The molecular formula is C54H36N2O2. The highest BCUT2D eigenvalue weighted by Crippen LogP contribution is 2.45. The van der Waals surface area contributed by atoms with Gasteiger partial charge in [-0.2, -0.15) is 0 Å². The quantitative estimate of drug-likeness (QED) is 0.170. The van der Waals surface area contributed by atoms with E-state index in [1.165, 1.54) is 49.7 Å². The van der Waals surface area contributed by atoms with Crippen LogP contribution >= 0.6 is 0 Å². The average molecular weight is 745 g/mol. The van der Waals surface area contributed by atoms with Crippen molar-refractivity contribution in [2.75, 3.05) is 4.90 Å². The lowest BCUT2D eigenvalue weighted by atomic mass is 9.90. The molecule has 1 aliphatic carbocycles. The summed E-state index contributed by atoms with van der Waals surface area (Å²) in [6, 6.07) is 67.2. The van der Waals surface area contributed by atoms with Gasteiger partial charge in [-0.25, -0.2) is 0 Å². The predicted molar refractivity (Wildman–Crippen MR) is 238 cm³/mol. The third kappa shape index (κ3) is 5.15. The fourth-order valence-electron chi connectivity index (χ4n) is 9.23. The highest BCUT2D eigenvalue weighted by atomic mass is 16.5. The van der Waals surface area contributed by atoms with Gasteiger partial charge in [0.1, 0.15) is 23.0 Å². The first-order valence-electron chi connectivity index (χ1n) is 19.9. The fourth-order valence-corrected chi connectivity index (χ4v) is 9.23. The number of para-hydroxylation sites is 5. The second-order valence-electron chi connectivity index (χ2n) is 15.2. The molecule has 4 nitrogen and oxygen atoms in total. The van der Waals surface area contributed by atoms with Gasteiger partial charge in [0, 0.05) is 55.7 Å². The van der Waals surface area contributed by atoms with E-state index in [1.807, 2.05) is 18.2 Å². The number of aromatic nitrogens is 1. The van der Waals surface area contributed by atoms with Gasteiger partial charge < -0.3 is 18.6 Å². The maximum absolute atomic E-state index is 6.34. The topological polar surface area (TPSA) is 30.5 Å². The number of hydrogen-bond donors (Lipinski definition) is 0. The minimum atomic E-state index is -0.0115. The maximum Gasteiger partial charge on any atom is 0.135 e.